The van der Waals surface area contributed by atoms with Gasteiger partial charge in [0.25, 0.3) is 0 Å². The van der Waals surface area contributed by atoms with Crippen molar-refractivity contribution >= 4 is 11.5 Å². The smallest absolute Gasteiger partial charge is 0.163 e. The van der Waals surface area contributed by atoms with Gasteiger partial charge in [-0.15, -0.1) is 0 Å². The summed E-state index contributed by atoms with van der Waals surface area (Å²) in [6.45, 7) is 1.40. The molecule has 2 aromatic carbocycles. The average Bonchev–Trinajstić information content (AvgIpc) is 2.46. The number of nitrogen functional groups attached to an aromatic ring is 1. The van der Waals surface area contributed by atoms with Crippen molar-refractivity contribution in [3.05, 3.63) is 58.9 Å². The third kappa shape index (κ3) is 3.37. The van der Waals surface area contributed by atoms with Crippen molar-refractivity contribution in [2.45, 2.75) is 13.5 Å². The van der Waals surface area contributed by atoms with Crippen molar-refractivity contribution in [3.8, 4) is 11.8 Å². The number of hydrogen-bond acceptors (Lipinski definition) is 4. The summed E-state index contributed by atoms with van der Waals surface area (Å²) in [4.78, 5) is 11.6. The highest BCUT2D eigenvalue weighted by Crippen LogP contribution is 2.23. The molecule has 106 valence electrons. The number of halogens is 1. The van der Waals surface area contributed by atoms with Crippen molar-refractivity contribution in [2.75, 3.05) is 5.73 Å². The predicted octanol–water partition coefficient (Wildman–Crippen LogP) is 3.06. The van der Waals surface area contributed by atoms with Crippen LogP contribution in [-0.2, 0) is 6.61 Å². The van der Waals surface area contributed by atoms with E-state index >= 15 is 0 Å². The Bertz CT molecular complexity index is 736. The molecule has 0 aliphatic heterocycles. The van der Waals surface area contributed by atoms with Crippen LogP contribution in [0.15, 0.2) is 36.4 Å². The number of benzene rings is 2. The average molecular weight is 284 g/mol. The van der Waals surface area contributed by atoms with E-state index in [-0.39, 0.29) is 12.4 Å². The number of carbonyl (C=O) groups excluding carboxylic acids is 1. The second-order valence-corrected chi connectivity index (χ2v) is 4.51. The summed E-state index contributed by atoms with van der Waals surface area (Å²) in [6, 6.07) is 10.5. The lowest BCUT2D eigenvalue weighted by molar-refractivity contribution is 0.101. The van der Waals surface area contributed by atoms with E-state index < -0.39 is 5.82 Å². The molecule has 2 aromatic rings. The standard InChI is InChI=1S/C16H13FN2O2/c1-10(20)15-7-14(19)4-5-16(15)21-9-12-6-13(17)3-2-11(12)8-18/h2-7H,9,19H2,1H3. The zero-order valence-electron chi connectivity index (χ0n) is 11.4. The minimum atomic E-state index is -0.448. The lowest BCUT2D eigenvalue weighted by Gasteiger charge is -2.11. The third-order valence-electron chi connectivity index (χ3n) is 2.95. The van der Waals surface area contributed by atoms with E-state index in [2.05, 4.69) is 0 Å². The summed E-state index contributed by atoms with van der Waals surface area (Å²) >= 11 is 0. The fourth-order valence-corrected chi connectivity index (χ4v) is 1.89. The largest absolute Gasteiger partial charge is 0.488 e. The molecule has 0 saturated carbocycles. The molecule has 5 heteroatoms. The van der Waals surface area contributed by atoms with E-state index in [1.807, 2.05) is 6.07 Å². The summed E-state index contributed by atoms with van der Waals surface area (Å²) in [5.74, 6) is -0.279. The first kappa shape index (κ1) is 14.5. The quantitative estimate of drug-likeness (QED) is 0.691. The van der Waals surface area contributed by atoms with E-state index in [9.17, 15) is 9.18 Å². The second kappa shape index (κ2) is 6.06. The Balaban J connectivity index is 2.27. The Labute approximate surface area is 121 Å². The van der Waals surface area contributed by atoms with Gasteiger partial charge in [0.05, 0.1) is 17.2 Å². The number of nitrogens with two attached hydrogens (primary N) is 1. The molecule has 0 radical (unpaired) electrons. The molecule has 2 rings (SSSR count). The van der Waals surface area contributed by atoms with Gasteiger partial charge in [-0.05, 0) is 43.3 Å². The van der Waals surface area contributed by atoms with Gasteiger partial charge in [-0.1, -0.05) is 0 Å². The van der Waals surface area contributed by atoms with Crippen molar-refractivity contribution in [3.63, 3.8) is 0 Å². The number of rotatable bonds is 4. The predicted molar refractivity (Wildman–Crippen MR) is 76.3 cm³/mol. The van der Waals surface area contributed by atoms with Crippen molar-refractivity contribution < 1.29 is 13.9 Å². The highest BCUT2D eigenvalue weighted by Gasteiger charge is 2.11. The highest BCUT2D eigenvalue weighted by molar-refractivity contribution is 5.97. The number of Topliss-reactive ketones (excluding diaryl/α,β-unsaturated/α-hetero) is 1. The van der Waals surface area contributed by atoms with Crippen LogP contribution in [0, 0.1) is 17.1 Å². The van der Waals surface area contributed by atoms with Crippen LogP contribution in [0.2, 0.25) is 0 Å². The molecule has 0 bridgehead atoms. The minimum Gasteiger partial charge on any atom is -0.488 e. The van der Waals surface area contributed by atoms with Gasteiger partial charge in [-0.25, -0.2) is 4.39 Å². The first-order valence-electron chi connectivity index (χ1n) is 6.23. The Morgan fingerprint density at radius 3 is 2.76 bits per heavy atom. The van der Waals surface area contributed by atoms with Gasteiger partial charge < -0.3 is 10.5 Å². The Morgan fingerprint density at radius 2 is 2.10 bits per heavy atom. The SMILES string of the molecule is CC(=O)c1cc(N)ccc1OCc1cc(F)ccc1C#N. The maximum Gasteiger partial charge on any atom is 0.163 e. The number of nitrogens with zero attached hydrogens (tertiary/aromatic N) is 1. The summed E-state index contributed by atoms with van der Waals surface area (Å²) in [5.41, 5.74) is 7.19. The van der Waals surface area contributed by atoms with E-state index in [1.54, 1.807) is 12.1 Å². The van der Waals surface area contributed by atoms with Gasteiger partial charge in [0.2, 0.25) is 0 Å². The van der Waals surface area contributed by atoms with Crippen LogP contribution in [0.1, 0.15) is 28.4 Å². The number of nitriles is 1. The molecule has 0 heterocycles. The monoisotopic (exact) mass is 284 g/mol. The Morgan fingerprint density at radius 1 is 1.33 bits per heavy atom. The fourth-order valence-electron chi connectivity index (χ4n) is 1.89. The molecule has 0 unspecified atom stereocenters. The van der Waals surface area contributed by atoms with E-state index in [0.717, 1.165) is 0 Å². The van der Waals surface area contributed by atoms with Gasteiger partial charge in [0.1, 0.15) is 18.2 Å². The summed E-state index contributed by atoms with van der Waals surface area (Å²) in [6.07, 6.45) is 0. The summed E-state index contributed by atoms with van der Waals surface area (Å²) < 4.78 is 18.8. The molecule has 0 atom stereocenters. The Hall–Kier alpha value is -2.87. The third-order valence-corrected chi connectivity index (χ3v) is 2.95. The number of ether oxygens (including phenoxy) is 1. The number of ketones is 1. The van der Waals surface area contributed by atoms with Crippen LogP contribution in [0.3, 0.4) is 0 Å². The summed E-state index contributed by atoms with van der Waals surface area (Å²) in [5, 5.41) is 8.99. The minimum absolute atomic E-state index is 0.00908. The number of anilines is 1. The maximum absolute atomic E-state index is 13.2. The molecule has 21 heavy (non-hydrogen) atoms. The maximum atomic E-state index is 13.2. The summed E-state index contributed by atoms with van der Waals surface area (Å²) in [7, 11) is 0. The van der Waals surface area contributed by atoms with Crippen LogP contribution in [-0.4, -0.2) is 5.78 Å². The Kier molecular flexibility index (Phi) is 4.19. The van der Waals surface area contributed by atoms with Crippen molar-refractivity contribution in [1.29, 1.82) is 5.26 Å². The zero-order chi connectivity index (χ0) is 15.4. The van der Waals surface area contributed by atoms with Crippen molar-refractivity contribution in [1.82, 2.24) is 0 Å². The molecular weight excluding hydrogens is 271 g/mol. The highest BCUT2D eigenvalue weighted by atomic mass is 19.1. The van der Waals surface area contributed by atoms with Crippen LogP contribution in [0.25, 0.3) is 0 Å². The lowest BCUT2D eigenvalue weighted by atomic mass is 10.1. The molecule has 2 N–H and O–H groups in total. The van der Waals surface area contributed by atoms with Gasteiger partial charge in [-0.2, -0.15) is 5.26 Å². The number of carbonyl (C=O) groups is 1. The van der Waals surface area contributed by atoms with Crippen LogP contribution in [0.5, 0.6) is 5.75 Å². The van der Waals surface area contributed by atoms with E-state index in [4.69, 9.17) is 15.7 Å². The number of hydrogen-bond donors (Lipinski definition) is 1. The van der Waals surface area contributed by atoms with Crippen LogP contribution >= 0.6 is 0 Å². The van der Waals surface area contributed by atoms with E-state index in [0.29, 0.717) is 28.1 Å². The molecule has 4 nitrogen and oxygen atoms in total. The van der Waals surface area contributed by atoms with E-state index in [1.165, 1.54) is 31.2 Å². The molecular formula is C16H13FN2O2. The first-order chi connectivity index (χ1) is 10.0. The second-order valence-electron chi connectivity index (χ2n) is 4.51. The van der Waals surface area contributed by atoms with Crippen molar-refractivity contribution in [2.24, 2.45) is 0 Å². The van der Waals surface area contributed by atoms with Crippen LogP contribution < -0.4 is 10.5 Å². The molecule has 0 aliphatic carbocycles. The molecule has 0 saturated heterocycles. The molecule has 0 amide bonds. The van der Waals surface area contributed by atoms with Crippen LogP contribution in [0.4, 0.5) is 10.1 Å². The fraction of sp³-hybridized carbons (Fsp3) is 0.125. The van der Waals surface area contributed by atoms with Gasteiger partial charge >= 0.3 is 0 Å². The normalized spacial score (nSPS) is 9.95. The lowest BCUT2D eigenvalue weighted by Crippen LogP contribution is -2.04. The van der Waals surface area contributed by atoms with Gasteiger partial charge in [0.15, 0.2) is 5.78 Å². The zero-order valence-corrected chi connectivity index (χ0v) is 11.4. The molecule has 0 fully saturated rings. The topological polar surface area (TPSA) is 76.1 Å². The molecule has 0 aromatic heterocycles. The van der Waals surface area contributed by atoms with Gasteiger partial charge in [0, 0.05) is 11.3 Å². The molecule has 0 aliphatic rings. The molecule has 0 spiro atoms. The first-order valence-corrected chi connectivity index (χ1v) is 6.23. The van der Waals surface area contributed by atoms with Gasteiger partial charge in [-0.3, -0.25) is 4.79 Å².